The van der Waals surface area contributed by atoms with Crippen LogP contribution in [0.4, 0.5) is 0 Å². The van der Waals surface area contributed by atoms with Gasteiger partial charge in [0, 0.05) is 29.1 Å². The molecular formula is C20H16N4O2. The molecule has 128 valence electrons. The molecule has 26 heavy (non-hydrogen) atoms. The van der Waals surface area contributed by atoms with Gasteiger partial charge in [-0.25, -0.2) is 15.0 Å². The number of nitrogens with zero attached hydrogens (tertiary/aromatic N) is 3. The lowest BCUT2D eigenvalue weighted by Crippen LogP contribution is -2.32. The molecule has 0 saturated heterocycles. The van der Waals surface area contributed by atoms with Gasteiger partial charge in [-0.15, -0.1) is 0 Å². The number of rotatable bonds is 1. The van der Waals surface area contributed by atoms with Gasteiger partial charge in [-0.3, -0.25) is 0 Å². The standard InChI is InChI=1S/C20H16N4O2/c1-12-3-2-4-17-18(12)20(10-25-19(21)24-20)15-7-13(5-6-16(15)26-17)14-8-22-11-23-9-14/h2-9,11H,10H2,1H3,(H2,21,24). The molecule has 5 rings (SSSR count). The molecule has 3 aromatic rings. The van der Waals surface area contributed by atoms with Gasteiger partial charge < -0.3 is 15.2 Å². The summed E-state index contributed by atoms with van der Waals surface area (Å²) in [5.41, 5.74) is 10.1. The van der Waals surface area contributed by atoms with Crippen molar-refractivity contribution in [3.05, 3.63) is 71.8 Å². The SMILES string of the molecule is Cc1cccc2c1C1(COC(N)=N1)c1cc(-c3cncnc3)ccc1O2. The first-order valence-electron chi connectivity index (χ1n) is 8.33. The van der Waals surface area contributed by atoms with Gasteiger partial charge in [0.25, 0.3) is 6.02 Å². The van der Waals surface area contributed by atoms with Crippen LogP contribution in [0, 0.1) is 6.92 Å². The van der Waals surface area contributed by atoms with Crippen LogP contribution in [-0.2, 0) is 10.3 Å². The second-order valence-corrected chi connectivity index (χ2v) is 6.49. The van der Waals surface area contributed by atoms with E-state index in [2.05, 4.69) is 16.0 Å². The smallest absolute Gasteiger partial charge is 0.283 e. The molecule has 0 fully saturated rings. The highest BCUT2D eigenvalue weighted by Gasteiger charge is 2.47. The van der Waals surface area contributed by atoms with Crippen LogP contribution in [-0.4, -0.2) is 22.6 Å². The summed E-state index contributed by atoms with van der Waals surface area (Å²) in [5, 5.41) is 0. The van der Waals surface area contributed by atoms with E-state index in [0.29, 0.717) is 6.61 Å². The molecule has 1 unspecified atom stereocenters. The average molecular weight is 344 g/mol. The molecule has 0 radical (unpaired) electrons. The molecule has 0 bridgehead atoms. The largest absolute Gasteiger partial charge is 0.462 e. The summed E-state index contributed by atoms with van der Waals surface area (Å²) in [6.07, 6.45) is 5.09. The monoisotopic (exact) mass is 344 g/mol. The highest BCUT2D eigenvalue weighted by molar-refractivity contribution is 5.78. The van der Waals surface area contributed by atoms with Crippen molar-refractivity contribution in [2.45, 2.75) is 12.5 Å². The molecule has 1 aromatic heterocycles. The van der Waals surface area contributed by atoms with Crippen LogP contribution >= 0.6 is 0 Å². The predicted molar refractivity (Wildman–Crippen MR) is 97.1 cm³/mol. The molecule has 0 aliphatic carbocycles. The number of hydrogen-bond donors (Lipinski definition) is 1. The Morgan fingerprint density at radius 2 is 1.88 bits per heavy atom. The molecule has 2 N–H and O–H groups in total. The lowest BCUT2D eigenvalue weighted by atomic mass is 9.78. The minimum Gasteiger partial charge on any atom is -0.462 e. The minimum absolute atomic E-state index is 0.195. The van der Waals surface area contributed by atoms with Crippen molar-refractivity contribution in [2.24, 2.45) is 10.7 Å². The lowest BCUT2D eigenvalue weighted by Gasteiger charge is -2.34. The fourth-order valence-electron chi connectivity index (χ4n) is 3.78. The van der Waals surface area contributed by atoms with E-state index in [4.69, 9.17) is 20.2 Å². The van der Waals surface area contributed by atoms with E-state index < -0.39 is 5.54 Å². The summed E-state index contributed by atoms with van der Waals surface area (Å²) in [5.74, 6) is 1.54. The van der Waals surface area contributed by atoms with Crippen LogP contribution in [0.1, 0.15) is 16.7 Å². The van der Waals surface area contributed by atoms with Crippen molar-refractivity contribution < 1.29 is 9.47 Å². The summed E-state index contributed by atoms with van der Waals surface area (Å²) in [6.45, 7) is 2.40. The number of fused-ring (bicyclic) bond motifs is 4. The van der Waals surface area contributed by atoms with Gasteiger partial charge >= 0.3 is 0 Å². The van der Waals surface area contributed by atoms with Gasteiger partial charge in [0.05, 0.1) is 0 Å². The highest BCUT2D eigenvalue weighted by Crippen LogP contribution is 2.52. The molecule has 6 nitrogen and oxygen atoms in total. The van der Waals surface area contributed by atoms with Crippen molar-refractivity contribution >= 4 is 6.02 Å². The summed E-state index contributed by atoms with van der Waals surface area (Å²) >= 11 is 0. The molecule has 1 spiro atoms. The summed E-state index contributed by atoms with van der Waals surface area (Å²) < 4.78 is 11.8. The molecule has 2 aliphatic rings. The van der Waals surface area contributed by atoms with E-state index in [-0.39, 0.29) is 6.02 Å². The number of aryl methyl sites for hydroxylation is 1. The fraction of sp³-hybridized carbons (Fsp3) is 0.150. The molecule has 1 atom stereocenters. The normalized spacial score (nSPS) is 20.0. The maximum atomic E-state index is 6.17. The number of hydrogen-bond acceptors (Lipinski definition) is 6. The number of aromatic nitrogens is 2. The minimum atomic E-state index is -0.704. The van der Waals surface area contributed by atoms with Gasteiger partial charge in [-0.1, -0.05) is 18.2 Å². The Labute approximate surface area is 150 Å². The van der Waals surface area contributed by atoms with Crippen molar-refractivity contribution in [2.75, 3.05) is 6.61 Å². The molecule has 6 heteroatoms. The van der Waals surface area contributed by atoms with E-state index in [9.17, 15) is 0 Å². The van der Waals surface area contributed by atoms with Gasteiger partial charge in [0.15, 0.2) is 5.54 Å². The molecule has 0 saturated carbocycles. The van der Waals surface area contributed by atoms with E-state index in [1.54, 1.807) is 12.4 Å². The van der Waals surface area contributed by atoms with Crippen LogP contribution in [0.2, 0.25) is 0 Å². The maximum absolute atomic E-state index is 6.17. The number of nitrogens with two attached hydrogens (primary N) is 1. The quantitative estimate of drug-likeness (QED) is 0.733. The Bertz CT molecular complexity index is 1050. The number of benzene rings is 2. The van der Waals surface area contributed by atoms with Crippen LogP contribution < -0.4 is 10.5 Å². The van der Waals surface area contributed by atoms with Crippen molar-refractivity contribution in [1.29, 1.82) is 0 Å². The van der Waals surface area contributed by atoms with Crippen LogP contribution in [0.3, 0.4) is 0 Å². The van der Waals surface area contributed by atoms with Crippen LogP contribution in [0.25, 0.3) is 11.1 Å². The summed E-state index contributed by atoms with van der Waals surface area (Å²) in [7, 11) is 0. The van der Waals surface area contributed by atoms with Crippen molar-refractivity contribution in [3.8, 4) is 22.6 Å². The van der Waals surface area contributed by atoms with Gasteiger partial charge in [0.1, 0.15) is 24.4 Å². The zero-order valence-corrected chi connectivity index (χ0v) is 14.1. The van der Waals surface area contributed by atoms with Crippen molar-refractivity contribution in [1.82, 2.24) is 9.97 Å². The fourth-order valence-corrected chi connectivity index (χ4v) is 3.78. The van der Waals surface area contributed by atoms with Crippen LogP contribution in [0.15, 0.2) is 60.1 Å². The first-order chi connectivity index (χ1) is 12.7. The van der Waals surface area contributed by atoms with E-state index in [1.807, 2.05) is 37.3 Å². The van der Waals surface area contributed by atoms with E-state index in [1.165, 1.54) is 6.33 Å². The Kier molecular flexibility index (Phi) is 3.03. The second-order valence-electron chi connectivity index (χ2n) is 6.49. The third-order valence-corrected chi connectivity index (χ3v) is 4.92. The Morgan fingerprint density at radius 1 is 1.04 bits per heavy atom. The molecule has 3 heterocycles. The number of aliphatic imine (C=N–C) groups is 1. The zero-order chi connectivity index (χ0) is 17.7. The molecule has 0 amide bonds. The maximum Gasteiger partial charge on any atom is 0.283 e. The predicted octanol–water partition coefficient (Wildman–Crippen LogP) is 3.15. The third kappa shape index (κ3) is 2.02. The lowest BCUT2D eigenvalue weighted by molar-refractivity contribution is 0.264. The van der Waals surface area contributed by atoms with E-state index in [0.717, 1.165) is 39.3 Å². The molecule has 2 aliphatic heterocycles. The van der Waals surface area contributed by atoms with Gasteiger partial charge in [-0.2, -0.15) is 0 Å². The molecule has 2 aromatic carbocycles. The first-order valence-corrected chi connectivity index (χ1v) is 8.33. The van der Waals surface area contributed by atoms with Gasteiger partial charge in [-0.05, 0) is 36.2 Å². The second kappa shape index (κ2) is 5.29. The van der Waals surface area contributed by atoms with Crippen molar-refractivity contribution in [3.63, 3.8) is 0 Å². The third-order valence-electron chi connectivity index (χ3n) is 4.92. The summed E-state index contributed by atoms with van der Waals surface area (Å²) in [4.78, 5) is 12.9. The summed E-state index contributed by atoms with van der Waals surface area (Å²) in [6, 6.07) is 12.2. The molecular weight excluding hydrogens is 328 g/mol. The highest BCUT2D eigenvalue weighted by atomic mass is 16.5. The topological polar surface area (TPSA) is 82.6 Å². The van der Waals surface area contributed by atoms with Gasteiger partial charge in [0.2, 0.25) is 0 Å². The zero-order valence-electron chi connectivity index (χ0n) is 14.1. The first kappa shape index (κ1) is 14.9. The Balaban J connectivity index is 1.78. The van der Waals surface area contributed by atoms with E-state index >= 15 is 0 Å². The average Bonchev–Trinajstić information content (AvgIpc) is 3.04. The Hall–Kier alpha value is -3.41. The number of amidine groups is 1. The number of ether oxygens (including phenoxy) is 2. The van der Waals surface area contributed by atoms with Crippen LogP contribution in [0.5, 0.6) is 11.5 Å². The Morgan fingerprint density at radius 3 is 2.65 bits per heavy atom.